The molecular formula is C20H27N5O2. The minimum Gasteiger partial charge on any atom is -0.335 e. The van der Waals surface area contributed by atoms with Crippen LogP contribution in [0.5, 0.6) is 0 Å². The number of carbonyl (C=O) groups is 2. The van der Waals surface area contributed by atoms with E-state index in [1.54, 1.807) is 23.1 Å². The van der Waals surface area contributed by atoms with Gasteiger partial charge in [0.2, 0.25) is 5.91 Å². The third kappa shape index (κ3) is 6.13. The minimum atomic E-state index is -0.145. The molecule has 0 unspecified atom stereocenters. The maximum Gasteiger partial charge on any atom is 0.315 e. The average Bonchev–Trinajstić information content (AvgIpc) is 3.15. The van der Waals surface area contributed by atoms with Gasteiger partial charge in [-0.3, -0.25) is 9.48 Å². The van der Waals surface area contributed by atoms with Gasteiger partial charge in [-0.15, -0.1) is 0 Å². The molecule has 1 aliphatic carbocycles. The molecule has 0 spiro atoms. The molecule has 3 N–H and O–H groups in total. The Morgan fingerprint density at radius 1 is 1.19 bits per heavy atom. The standard InChI is InChI=1S/C20H27N5O2/c1-15-6-8-17(9-7-15)24-20(27)21-13-16-4-2-5-18(12-16)23-19(26)14-25-11-3-10-22-25/h2-5,10-12,15,17H,6-9,13-14H2,1H3,(H,23,26)(H2,21,24,27). The van der Waals surface area contributed by atoms with Gasteiger partial charge in [-0.05, 0) is 55.4 Å². The lowest BCUT2D eigenvalue weighted by Gasteiger charge is -2.26. The Kier molecular flexibility index (Phi) is 6.46. The summed E-state index contributed by atoms with van der Waals surface area (Å²) in [6.07, 6.45) is 7.82. The van der Waals surface area contributed by atoms with Gasteiger partial charge in [-0.1, -0.05) is 19.1 Å². The van der Waals surface area contributed by atoms with Crippen LogP contribution < -0.4 is 16.0 Å². The summed E-state index contributed by atoms with van der Waals surface area (Å²) in [5, 5.41) is 12.8. The second-order valence-corrected chi connectivity index (χ2v) is 7.24. The van der Waals surface area contributed by atoms with Gasteiger partial charge in [0.1, 0.15) is 6.54 Å². The molecule has 2 aromatic rings. The van der Waals surface area contributed by atoms with Gasteiger partial charge in [0.05, 0.1) is 0 Å². The molecule has 3 amide bonds. The van der Waals surface area contributed by atoms with E-state index >= 15 is 0 Å². The molecule has 7 heteroatoms. The fourth-order valence-electron chi connectivity index (χ4n) is 3.32. The number of rotatable bonds is 6. The number of hydrogen-bond acceptors (Lipinski definition) is 3. The zero-order valence-corrected chi connectivity index (χ0v) is 15.6. The number of benzene rings is 1. The number of nitrogens with zero attached hydrogens (tertiary/aromatic N) is 2. The van der Waals surface area contributed by atoms with Crippen LogP contribution >= 0.6 is 0 Å². The van der Waals surface area contributed by atoms with Gasteiger partial charge in [0.15, 0.2) is 0 Å². The molecule has 1 saturated carbocycles. The molecule has 27 heavy (non-hydrogen) atoms. The molecule has 144 valence electrons. The van der Waals surface area contributed by atoms with Gasteiger partial charge < -0.3 is 16.0 Å². The van der Waals surface area contributed by atoms with E-state index in [2.05, 4.69) is 28.0 Å². The number of nitrogens with one attached hydrogen (secondary N) is 3. The zero-order valence-electron chi connectivity index (χ0n) is 15.6. The first-order valence-corrected chi connectivity index (χ1v) is 9.49. The van der Waals surface area contributed by atoms with Crippen LogP contribution in [0.15, 0.2) is 42.7 Å². The Hall–Kier alpha value is -2.83. The second kappa shape index (κ2) is 9.21. The highest BCUT2D eigenvalue weighted by Gasteiger charge is 2.19. The number of amides is 3. The molecule has 1 fully saturated rings. The molecule has 0 bridgehead atoms. The van der Waals surface area contributed by atoms with Crippen molar-refractivity contribution in [2.45, 2.75) is 51.7 Å². The summed E-state index contributed by atoms with van der Waals surface area (Å²) in [6.45, 7) is 2.84. The van der Waals surface area contributed by atoms with E-state index in [0.29, 0.717) is 12.2 Å². The van der Waals surface area contributed by atoms with Crippen LogP contribution in [0.2, 0.25) is 0 Å². The fourth-order valence-corrected chi connectivity index (χ4v) is 3.32. The predicted octanol–water partition coefficient (Wildman–Crippen LogP) is 2.90. The van der Waals surface area contributed by atoms with Gasteiger partial charge in [0, 0.05) is 30.7 Å². The Morgan fingerprint density at radius 2 is 2.00 bits per heavy atom. The fraction of sp³-hybridized carbons (Fsp3) is 0.450. The first-order chi connectivity index (χ1) is 13.1. The van der Waals surface area contributed by atoms with E-state index in [0.717, 1.165) is 24.3 Å². The SMILES string of the molecule is CC1CCC(NC(=O)NCc2cccc(NC(=O)Cn3cccn3)c2)CC1. The van der Waals surface area contributed by atoms with E-state index in [4.69, 9.17) is 0 Å². The molecule has 0 aliphatic heterocycles. The van der Waals surface area contributed by atoms with Crippen molar-refractivity contribution in [1.29, 1.82) is 0 Å². The Morgan fingerprint density at radius 3 is 2.74 bits per heavy atom. The van der Waals surface area contributed by atoms with Crippen molar-refractivity contribution in [2.75, 3.05) is 5.32 Å². The van der Waals surface area contributed by atoms with Crippen LogP contribution in [-0.2, 0) is 17.9 Å². The molecular weight excluding hydrogens is 342 g/mol. The molecule has 3 rings (SSSR count). The average molecular weight is 369 g/mol. The summed E-state index contributed by atoms with van der Waals surface area (Å²) in [6, 6.07) is 9.39. The molecule has 1 aliphatic rings. The molecule has 0 radical (unpaired) electrons. The van der Waals surface area contributed by atoms with Crippen LogP contribution in [0.25, 0.3) is 0 Å². The van der Waals surface area contributed by atoms with E-state index in [1.807, 2.05) is 24.3 Å². The van der Waals surface area contributed by atoms with E-state index in [-0.39, 0.29) is 24.5 Å². The molecule has 1 heterocycles. The summed E-state index contributed by atoms with van der Waals surface area (Å²) in [5.74, 6) is 0.616. The molecule has 1 aromatic carbocycles. The van der Waals surface area contributed by atoms with Crippen LogP contribution in [0, 0.1) is 5.92 Å². The number of aromatic nitrogens is 2. The van der Waals surface area contributed by atoms with E-state index in [1.165, 1.54) is 12.8 Å². The Balaban J connectivity index is 1.44. The van der Waals surface area contributed by atoms with Gasteiger partial charge in [0.25, 0.3) is 0 Å². The van der Waals surface area contributed by atoms with Crippen molar-refractivity contribution >= 4 is 17.6 Å². The number of urea groups is 1. The summed E-state index contributed by atoms with van der Waals surface area (Å²) in [5.41, 5.74) is 1.63. The molecule has 0 saturated heterocycles. The molecule has 0 atom stereocenters. The summed E-state index contributed by atoms with van der Waals surface area (Å²) in [7, 11) is 0. The van der Waals surface area contributed by atoms with Crippen LogP contribution in [0.1, 0.15) is 38.2 Å². The monoisotopic (exact) mass is 369 g/mol. The van der Waals surface area contributed by atoms with Crippen molar-refractivity contribution in [3.8, 4) is 0 Å². The van der Waals surface area contributed by atoms with Crippen LogP contribution in [0.3, 0.4) is 0 Å². The lowest BCUT2D eigenvalue weighted by molar-refractivity contribution is -0.116. The number of hydrogen-bond donors (Lipinski definition) is 3. The van der Waals surface area contributed by atoms with E-state index in [9.17, 15) is 9.59 Å². The van der Waals surface area contributed by atoms with Crippen molar-refractivity contribution < 1.29 is 9.59 Å². The van der Waals surface area contributed by atoms with Gasteiger partial charge in [-0.2, -0.15) is 5.10 Å². The Labute approximate surface area is 159 Å². The maximum atomic E-state index is 12.1. The van der Waals surface area contributed by atoms with Gasteiger partial charge >= 0.3 is 6.03 Å². The van der Waals surface area contributed by atoms with Crippen molar-refractivity contribution in [3.63, 3.8) is 0 Å². The Bertz CT molecular complexity index is 751. The zero-order chi connectivity index (χ0) is 19.1. The van der Waals surface area contributed by atoms with Gasteiger partial charge in [-0.25, -0.2) is 4.79 Å². The molecule has 1 aromatic heterocycles. The normalized spacial score (nSPS) is 19.3. The highest BCUT2D eigenvalue weighted by molar-refractivity contribution is 5.90. The predicted molar refractivity (Wildman–Crippen MR) is 104 cm³/mol. The lowest BCUT2D eigenvalue weighted by atomic mass is 9.87. The third-order valence-corrected chi connectivity index (χ3v) is 4.88. The molecule has 7 nitrogen and oxygen atoms in total. The van der Waals surface area contributed by atoms with Crippen LogP contribution in [-0.4, -0.2) is 27.8 Å². The maximum absolute atomic E-state index is 12.1. The number of anilines is 1. The largest absolute Gasteiger partial charge is 0.335 e. The summed E-state index contributed by atoms with van der Waals surface area (Å²) in [4.78, 5) is 24.2. The lowest BCUT2D eigenvalue weighted by Crippen LogP contribution is -2.43. The quantitative estimate of drug-likeness (QED) is 0.731. The van der Waals surface area contributed by atoms with Crippen molar-refractivity contribution in [2.24, 2.45) is 5.92 Å². The first-order valence-electron chi connectivity index (χ1n) is 9.49. The summed E-state index contributed by atoms with van der Waals surface area (Å²) < 4.78 is 1.57. The van der Waals surface area contributed by atoms with Crippen LogP contribution in [0.4, 0.5) is 10.5 Å². The van der Waals surface area contributed by atoms with Crippen molar-refractivity contribution in [3.05, 3.63) is 48.3 Å². The summed E-state index contributed by atoms with van der Waals surface area (Å²) >= 11 is 0. The number of carbonyl (C=O) groups excluding carboxylic acids is 2. The van der Waals surface area contributed by atoms with E-state index < -0.39 is 0 Å². The highest BCUT2D eigenvalue weighted by Crippen LogP contribution is 2.23. The minimum absolute atomic E-state index is 0.136. The highest BCUT2D eigenvalue weighted by atomic mass is 16.2. The second-order valence-electron chi connectivity index (χ2n) is 7.24. The third-order valence-electron chi connectivity index (χ3n) is 4.88. The van der Waals surface area contributed by atoms with Crippen molar-refractivity contribution in [1.82, 2.24) is 20.4 Å². The topological polar surface area (TPSA) is 88.0 Å². The smallest absolute Gasteiger partial charge is 0.315 e. The first kappa shape index (κ1) is 18.9.